The van der Waals surface area contributed by atoms with Crippen LogP contribution in [-0.4, -0.2) is 41.8 Å². The first kappa shape index (κ1) is 13.8. The van der Waals surface area contributed by atoms with E-state index < -0.39 is 6.09 Å². The summed E-state index contributed by atoms with van der Waals surface area (Å²) in [5.74, 6) is -0.233. The molecule has 0 aromatic heterocycles. The number of rotatable bonds is 3. The number of amides is 1. The number of likely N-dealkylation sites (N-methyl/N-ethyl adjacent to an activating group) is 1. The highest BCUT2D eigenvalue weighted by molar-refractivity contribution is 5.65. The zero-order chi connectivity index (χ0) is 13.9. The molecular weight excluding hydrogens is 247 g/mol. The molecule has 0 unspecified atom stereocenters. The topological polar surface area (TPSA) is 52.6 Å². The van der Waals surface area contributed by atoms with Crippen LogP contribution in [-0.2, 0) is 6.42 Å². The molecule has 1 aliphatic rings. The van der Waals surface area contributed by atoms with E-state index in [1.54, 1.807) is 12.1 Å². The Bertz CT molecular complexity index is 439. The van der Waals surface area contributed by atoms with Gasteiger partial charge in [-0.05, 0) is 44.0 Å². The molecule has 1 aromatic rings. The third kappa shape index (κ3) is 3.23. The standard InChI is InChI=1S/C14H19FN2O2/c1-16-14(6-8-17(9-7-14)13(18)19)10-11-2-4-12(15)5-3-11/h2-5,16H,6-10H2,1H3,(H,18,19). The van der Waals surface area contributed by atoms with Crippen molar-refractivity contribution in [3.05, 3.63) is 35.6 Å². The molecule has 2 N–H and O–H groups in total. The summed E-state index contributed by atoms with van der Waals surface area (Å²) in [5, 5.41) is 12.3. The fraction of sp³-hybridized carbons (Fsp3) is 0.500. The first-order valence-corrected chi connectivity index (χ1v) is 6.46. The maximum atomic E-state index is 12.9. The summed E-state index contributed by atoms with van der Waals surface area (Å²) in [6, 6.07) is 6.51. The molecule has 1 amide bonds. The minimum Gasteiger partial charge on any atom is -0.465 e. The third-order valence-corrected chi connectivity index (χ3v) is 3.98. The Kier molecular flexibility index (Phi) is 4.04. The van der Waals surface area contributed by atoms with Gasteiger partial charge in [0.05, 0.1) is 0 Å². The highest BCUT2D eigenvalue weighted by Crippen LogP contribution is 2.26. The number of carboxylic acid groups (broad SMARTS) is 1. The van der Waals surface area contributed by atoms with Crippen molar-refractivity contribution in [2.24, 2.45) is 0 Å². The number of benzene rings is 1. The van der Waals surface area contributed by atoms with Gasteiger partial charge in [-0.25, -0.2) is 9.18 Å². The molecular formula is C14H19FN2O2. The molecule has 4 nitrogen and oxygen atoms in total. The molecule has 0 atom stereocenters. The number of carbonyl (C=O) groups is 1. The lowest BCUT2D eigenvalue weighted by Gasteiger charge is -2.41. The average Bonchev–Trinajstić information content (AvgIpc) is 2.42. The molecule has 1 saturated heterocycles. The lowest BCUT2D eigenvalue weighted by atomic mass is 9.82. The Balaban J connectivity index is 2.04. The lowest BCUT2D eigenvalue weighted by Crippen LogP contribution is -2.54. The van der Waals surface area contributed by atoms with E-state index in [2.05, 4.69) is 5.32 Å². The van der Waals surface area contributed by atoms with Crippen molar-refractivity contribution in [3.63, 3.8) is 0 Å². The Morgan fingerprint density at radius 3 is 2.42 bits per heavy atom. The van der Waals surface area contributed by atoms with Gasteiger partial charge in [0, 0.05) is 18.6 Å². The van der Waals surface area contributed by atoms with Gasteiger partial charge in [-0.1, -0.05) is 12.1 Å². The summed E-state index contributed by atoms with van der Waals surface area (Å²) in [6.07, 6.45) is 1.48. The van der Waals surface area contributed by atoms with Crippen LogP contribution in [0.25, 0.3) is 0 Å². The molecule has 1 fully saturated rings. The van der Waals surface area contributed by atoms with Crippen molar-refractivity contribution >= 4 is 6.09 Å². The molecule has 0 radical (unpaired) electrons. The van der Waals surface area contributed by atoms with E-state index in [0.717, 1.165) is 24.8 Å². The van der Waals surface area contributed by atoms with Gasteiger partial charge in [0.15, 0.2) is 0 Å². The minimum absolute atomic E-state index is 0.0935. The van der Waals surface area contributed by atoms with Crippen LogP contribution in [0.3, 0.4) is 0 Å². The number of nitrogens with one attached hydrogen (secondary N) is 1. The number of hydrogen-bond acceptors (Lipinski definition) is 2. The molecule has 0 bridgehead atoms. The van der Waals surface area contributed by atoms with E-state index in [0.29, 0.717) is 13.1 Å². The van der Waals surface area contributed by atoms with Crippen molar-refractivity contribution < 1.29 is 14.3 Å². The number of likely N-dealkylation sites (tertiary alicyclic amines) is 1. The molecule has 19 heavy (non-hydrogen) atoms. The van der Waals surface area contributed by atoms with Crippen molar-refractivity contribution in [2.75, 3.05) is 20.1 Å². The summed E-state index contributed by atoms with van der Waals surface area (Å²) in [4.78, 5) is 12.4. The summed E-state index contributed by atoms with van der Waals surface area (Å²) in [5.41, 5.74) is 0.976. The van der Waals surface area contributed by atoms with Crippen LogP contribution in [0.1, 0.15) is 18.4 Å². The molecule has 0 aliphatic carbocycles. The van der Waals surface area contributed by atoms with Crippen LogP contribution in [0.15, 0.2) is 24.3 Å². The summed E-state index contributed by atoms with van der Waals surface area (Å²) < 4.78 is 12.9. The van der Waals surface area contributed by atoms with Gasteiger partial charge in [-0.3, -0.25) is 0 Å². The van der Waals surface area contributed by atoms with Crippen LogP contribution < -0.4 is 5.32 Å². The molecule has 0 spiro atoms. The van der Waals surface area contributed by atoms with Crippen LogP contribution in [0.4, 0.5) is 9.18 Å². The predicted octanol–water partition coefficient (Wildman–Crippen LogP) is 2.10. The normalized spacial score (nSPS) is 18.3. The second-order valence-electron chi connectivity index (χ2n) is 5.10. The predicted molar refractivity (Wildman–Crippen MR) is 70.7 cm³/mol. The largest absolute Gasteiger partial charge is 0.465 e. The smallest absolute Gasteiger partial charge is 0.407 e. The van der Waals surface area contributed by atoms with Crippen LogP contribution >= 0.6 is 0 Å². The van der Waals surface area contributed by atoms with Gasteiger partial charge < -0.3 is 15.3 Å². The molecule has 1 aliphatic heterocycles. The molecule has 5 heteroatoms. The van der Waals surface area contributed by atoms with E-state index in [-0.39, 0.29) is 11.4 Å². The third-order valence-electron chi connectivity index (χ3n) is 3.98. The Morgan fingerprint density at radius 1 is 1.37 bits per heavy atom. The lowest BCUT2D eigenvalue weighted by molar-refractivity contribution is 0.109. The fourth-order valence-electron chi connectivity index (χ4n) is 2.63. The molecule has 2 rings (SSSR count). The second-order valence-corrected chi connectivity index (χ2v) is 5.10. The molecule has 1 aromatic carbocycles. The van der Waals surface area contributed by atoms with E-state index >= 15 is 0 Å². The monoisotopic (exact) mass is 266 g/mol. The number of piperidine rings is 1. The van der Waals surface area contributed by atoms with Gasteiger partial charge >= 0.3 is 6.09 Å². The van der Waals surface area contributed by atoms with Crippen LogP contribution in [0, 0.1) is 5.82 Å². The van der Waals surface area contributed by atoms with E-state index in [1.807, 2.05) is 7.05 Å². The van der Waals surface area contributed by atoms with Crippen LogP contribution in [0.5, 0.6) is 0 Å². The highest BCUT2D eigenvalue weighted by Gasteiger charge is 2.34. The van der Waals surface area contributed by atoms with Crippen molar-refractivity contribution in [3.8, 4) is 0 Å². The fourth-order valence-corrected chi connectivity index (χ4v) is 2.63. The minimum atomic E-state index is -0.855. The number of hydrogen-bond donors (Lipinski definition) is 2. The second kappa shape index (κ2) is 5.57. The molecule has 0 saturated carbocycles. The summed E-state index contributed by atoms with van der Waals surface area (Å²) >= 11 is 0. The summed E-state index contributed by atoms with van der Waals surface area (Å²) in [6.45, 7) is 1.08. The average molecular weight is 266 g/mol. The van der Waals surface area contributed by atoms with Gasteiger partial charge in [-0.15, -0.1) is 0 Å². The van der Waals surface area contributed by atoms with Gasteiger partial charge in [-0.2, -0.15) is 0 Å². The Hall–Kier alpha value is -1.62. The van der Waals surface area contributed by atoms with Crippen LogP contribution in [0.2, 0.25) is 0 Å². The Morgan fingerprint density at radius 2 is 1.95 bits per heavy atom. The zero-order valence-electron chi connectivity index (χ0n) is 11.0. The number of nitrogens with zero attached hydrogens (tertiary/aromatic N) is 1. The van der Waals surface area contributed by atoms with Crippen molar-refractivity contribution in [1.29, 1.82) is 0 Å². The number of halogens is 1. The maximum Gasteiger partial charge on any atom is 0.407 e. The SMILES string of the molecule is CNC1(Cc2ccc(F)cc2)CCN(C(=O)O)CC1. The van der Waals surface area contributed by atoms with E-state index in [9.17, 15) is 9.18 Å². The van der Waals surface area contributed by atoms with Gasteiger partial charge in [0.2, 0.25) is 0 Å². The molecule has 104 valence electrons. The van der Waals surface area contributed by atoms with Gasteiger partial charge in [0.1, 0.15) is 5.82 Å². The first-order valence-electron chi connectivity index (χ1n) is 6.46. The van der Waals surface area contributed by atoms with Gasteiger partial charge in [0.25, 0.3) is 0 Å². The maximum absolute atomic E-state index is 12.9. The zero-order valence-corrected chi connectivity index (χ0v) is 11.0. The quantitative estimate of drug-likeness (QED) is 0.881. The van der Waals surface area contributed by atoms with E-state index in [4.69, 9.17) is 5.11 Å². The van der Waals surface area contributed by atoms with Crippen molar-refractivity contribution in [2.45, 2.75) is 24.8 Å². The Labute approximate surface area is 112 Å². The molecule has 1 heterocycles. The van der Waals surface area contributed by atoms with Crippen molar-refractivity contribution in [1.82, 2.24) is 10.2 Å². The summed E-state index contributed by atoms with van der Waals surface area (Å²) in [7, 11) is 1.90. The van der Waals surface area contributed by atoms with E-state index in [1.165, 1.54) is 17.0 Å². The first-order chi connectivity index (χ1) is 9.04. The highest BCUT2D eigenvalue weighted by atomic mass is 19.1.